The Kier molecular flexibility index (Phi) is 3.58. The third kappa shape index (κ3) is 2.54. The predicted octanol–water partition coefficient (Wildman–Crippen LogP) is 2.17. The van der Waals surface area contributed by atoms with Crippen molar-refractivity contribution in [2.45, 2.75) is 17.7 Å². The number of oxazole rings is 1. The van der Waals surface area contributed by atoms with E-state index in [2.05, 4.69) is 4.98 Å². The molecule has 1 aliphatic rings. The fourth-order valence-corrected chi connectivity index (χ4v) is 4.65. The van der Waals surface area contributed by atoms with Crippen LogP contribution in [0.25, 0.3) is 11.1 Å². The lowest BCUT2D eigenvalue weighted by Crippen LogP contribution is -2.35. The van der Waals surface area contributed by atoms with E-state index >= 15 is 0 Å². The summed E-state index contributed by atoms with van der Waals surface area (Å²) in [5, 5.41) is 11.1. The Labute approximate surface area is 147 Å². The van der Waals surface area contributed by atoms with Crippen LogP contribution in [-0.4, -0.2) is 24.9 Å². The summed E-state index contributed by atoms with van der Waals surface area (Å²) in [6.45, 7) is 0.214. The van der Waals surface area contributed by atoms with Crippen LogP contribution in [0.3, 0.4) is 0 Å². The van der Waals surface area contributed by atoms with Gasteiger partial charge in [-0.3, -0.25) is 19.4 Å². The number of nitro groups is 1. The Morgan fingerprint density at radius 3 is 2.77 bits per heavy atom. The summed E-state index contributed by atoms with van der Waals surface area (Å²) in [4.78, 5) is 24.2. The van der Waals surface area contributed by atoms with E-state index in [-0.39, 0.29) is 22.7 Å². The van der Waals surface area contributed by atoms with Crippen LogP contribution in [-0.2, 0) is 16.4 Å². The number of anilines is 1. The number of aryl methyl sites for hydroxylation is 1. The van der Waals surface area contributed by atoms with Gasteiger partial charge in [0.1, 0.15) is 0 Å². The van der Waals surface area contributed by atoms with Crippen molar-refractivity contribution < 1.29 is 17.8 Å². The van der Waals surface area contributed by atoms with Crippen molar-refractivity contribution in [3.63, 3.8) is 0 Å². The molecule has 0 amide bonds. The minimum atomic E-state index is -3.97. The molecule has 134 valence electrons. The molecular weight excluding hydrogens is 362 g/mol. The largest absolute Gasteiger partial charge is 0.417 e. The summed E-state index contributed by atoms with van der Waals surface area (Å²) < 4.78 is 32.3. The van der Waals surface area contributed by atoms with Crippen LogP contribution < -0.4 is 10.1 Å². The number of hydrogen-bond donors (Lipinski definition) is 1. The third-order valence-electron chi connectivity index (χ3n) is 4.34. The van der Waals surface area contributed by atoms with Gasteiger partial charge in [-0.2, -0.15) is 0 Å². The maximum absolute atomic E-state index is 13.1. The SMILES string of the molecule is O=c1[nH]c2ccc(S(=O)(=O)N3CCCc4ccc([N+](=O)[O-])cc43)cc2o1. The zero-order valence-corrected chi connectivity index (χ0v) is 14.2. The Bertz CT molecular complexity index is 1190. The van der Waals surface area contributed by atoms with Gasteiger partial charge in [0.05, 0.1) is 21.0 Å². The van der Waals surface area contributed by atoms with Crippen LogP contribution in [0.15, 0.2) is 50.5 Å². The predicted molar refractivity (Wildman–Crippen MR) is 92.8 cm³/mol. The monoisotopic (exact) mass is 375 g/mol. The number of sulfonamides is 1. The standard InChI is InChI=1S/C16H13N3O6S/c20-16-17-13-6-5-12(9-15(13)25-16)26(23,24)18-7-1-2-10-3-4-11(19(21)22)8-14(10)18/h3-6,8-9H,1-2,7H2,(H,17,20). The van der Waals surface area contributed by atoms with Crippen molar-refractivity contribution in [1.29, 1.82) is 0 Å². The number of nitrogens with zero attached hydrogens (tertiary/aromatic N) is 2. The Hall–Kier alpha value is -3.14. The molecular formula is C16H13N3O6S. The van der Waals surface area contributed by atoms with Crippen LogP contribution in [0.5, 0.6) is 0 Å². The van der Waals surface area contributed by atoms with Gasteiger partial charge in [0.15, 0.2) is 5.58 Å². The maximum atomic E-state index is 13.1. The Morgan fingerprint density at radius 1 is 1.19 bits per heavy atom. The van der Waals surface area contributed by atoms with E-state index in [4.69, 9.17) is 4.42 Å². The number of fused-ring (bicyclic) bond motifs is 2. The molecule has 0 atom stereocenters. The highest BCUT2D eigenvalue weighted by Crippen LogP contribution is 2.35. The van der Waals surface area contributed by atoms with Crippen LogP contribution >= 0.6 is 0 Å². The lowest BCUT2D eigenvalue weighted by Gasteiger charge is -2.30. The molecule has 0 saturated carbocycles. The average Bonchev–Trinajstić information content (AvgIpc) is 2.99. The first kappa shape index (κ1) is 16.3. The molecule has 2 heterocycles. The summed E-state index contributed by atoms with van der Waals surface area (Å²) in [5.41, 5.74) is 1.40. The van der Waals surface area contributed by atoms with Crippen LogP contribution in [0, 0.1) is 10.1 Å². The molecule has 0 radical (unpaired) electrons. The van der Waals surface area contributed by atoms with E-state index < -0.39 is 20.7 Å². The van der Waals surface area contributed by atoms with Gasteiger partial charge in [-0.05, 0) is 30.5 Å². The van der Waals surface area contributed by atoms with E-state index in [1.165, 1.54) is 34.6 Å². The van der Waals surface area contributed by atoms with E-state index in [1.807, 2.05) is 0 Å². The summed E-state index contributed by atoms with van der Waals surface area (Å²) in [7, 11) is -3.97. The molecule has 0 saturated heterocycles. The quantitative estimate of drug-likeness (QED) is 0.552. The molecule has 0 fully saturated rings. The number of aromatic amines is 1. The van der Waals surface area contributed by atoms with Crippen LogP contribution in [0.2, 0.25) is 0 Å². The molecule has 1 aliphatic heterocycles. The second-order valence-electron chi connectivity index (χ2n) is 5.92. The van der Waals surface area contributed by atoms with E-state index in [0.717, 1.165) is 5.56 Å². The normalized spacial score (nSPS) is 14.4. The average molecular weight is 375 g/mol. The molecule has 0 spiro atoms. The van der Waals surface area contributed by atoms with Gasteiger partial charge in [-0.25, -0.2) is 13.2 Å². The van der Waals surface area contributed by atoms with Crippen molar-refractivity contribution in [3.05, 3.63) is 62.6 Å². The zero-order chi connectivity index (χ0) is 18.5. The second kappa shape index (κ2) is 5.70. The van der Waals surface area contributed by atoms with Crippen LogP contribution in [0.4, 0.5) is 11.4 Å². The molecule has 0 bridgehead atoms. The van der Waals surface area contributed by atoms with E-state index in [1.54, 1.807) is 6.07 Å². The number of aromatic nitrogens is 1. The summed E-state index contributed by atoms with van der Waals surface area (Å²) in [5.74, 6) is -0.673. The third-order valence-corrected chi connectivity index (χ3v) is 6.15. The smallest absolute Gasteiger partial charge is 0.408 e. The number of benzene rings is 2. The zero-order valence-electron chi connectivity index (χ0n) is 13.3. The molecule has 4 rings (SSSR count). The van der Waals surface area contributed by atoms with Crippen molar-refractivity contribution in [2.24, 2.45) is 0 Å². The Balaban J connectivity index is 1.84. The highest BCUT2D eigenvalue weighted by Gasteiger charge is 2.31. The van der Waals surface area contributed by atoms with Gasteiger partial charge in [0.25, 0.3) is 15.7 Å². The van der Waals surface area contributed by atoms with Gasteiger partial charge in [0.2, 0.25) is 0 Å². The van der Waals surface area contributed by atoms with Gasteiger partial charge in [0, 0.05) is 24.7 Å². The molecule has 2 aromatic carbocycles. The van der Waals surface area contributed by atoms with Gasteiger partial charge in [-0.1, -0.05) is 6.07 Å². The molecule has 1 N–H and O–H groups in total. The van der Waals surface area contributed by atoms with Crippen molar-refractivity contribution in [3.8, 4) is 0 Å². The highest BCUT2D eigenvalue weighted by molar-refractivity contribution is 7.92. The van der Waals surface area contributed by atoms with Gasteiger partial charge in [-0.15, -0.1) is 0 Å². The summed E-state index contributed by atoms with van der Waals surface area (Å²) >= 11 is 0. The number of H-pyrrole nitrogens is 1. The van der Waals surface area contributed by atoms with Crippen molar-refractivity contribution in [1.82, 2.24) is 4.98 Å². The molecule has 1 aromatic heterocycles. The van der Waals surface area contributed by atoms with Crippen LogP contribution in [0.1, 0.15) is 12.0 Å². The topological polar surface area (TPSA) is 127 Å². The molecule has 9 nitrogen and oxygen atoms in total. The van der Waals surface area contributed by atoms with Gasteiger partial charge < -0.3 is 4.42 Å². The fraction of sp³-hybridized carbons (Fsp3) is 0.188. The molecule has 0 unspecified atom stereocenters. The number of nitrogens with one attached hydrogen (secondary N) is 1. The number of nitro benzene ring substituents is 1. The molecule has 3 aromatic rings. The minimum absolute atomic E-state index is 0.0490. The minimum Gasteiger partial charge on any atom is -0.408 e. The van der Waals surface area contributed by atoms with Gasteiger partial charge >= 0.3 is 5.76 Å². The molecule has 10 heteroatoms. The number of non-ortho nitro benzene ring substituents is 1. The lowest BCUT2D eigenvalue weighted by atomic mass is 10.0. The fourth-order valence-electron chi connectivity index (χ4n) is 3.11. The first-order valence-corrected chi connectivity index (χ1v) is 9.23. The van der Waals surface area contributed by atoms with E-state index in [9.17, 15) is 23.3 Å². The number of hydrogen-bond acceptors (Lipinski definition) is 6. The second-order valence-corrected chi connectivity index (χ2v) is 7.79. The number of rotatable bonds is 3. The lowest BCUT2D eigenvalue weighted by molar-refractivity contribution is -0.384. The van der Waals surface area contributed by atoms with Crippen molar-refractivity contribution >= 4 is 32.5 Å². The Morgan fingerprint density at radius 2 is 2.00 bits per heavy atom. The maximum Gasteiger partial charge on any atom is 0.417 e. The van der Waals surface area contributed by atoms with E-state index in [0.29, 0.717) is 24.0 Å². The molecule has 26 heavy (non-hydrogen) atoms. The first-order chi connectivity index (χ1) is 12.4. The molecule has 0 aliphatic carbocycles. The first-order valence-electron chi connectivity index (χ1n) is 7.79. The highest BCUT2D eigenvalue weighted by atomic mass is 32.2. The summed E-state index contributed by atoms with van der Waals surface area (Å²) in [6.07, 6.45) is 1.25. The summed E-state index contributed by atoms with van der Waals surface area (Å²) in [6, 6.07) is 8.33. The van der Waals surface area contributed by atoms with Crippen molar-refractivity contribution in [2.75, 3.05) is 10.8 Å².